The van der Waals surface area contributed by atoms with Crippen LogP contribution in [0.3, 0.4) is 0 Å². The number of esters is 1. The molecular formula is C18H27NO4. The molecule has 1 unspecified atom stereocenters. The van der Waals surface area contributed by atoms with Crippen LogP contribution in [0.15, 0.2) is 30.3 Å². The standard InChI is InChI=1S/C18H27NO4/c1-18(2,3)23-16(20)12-15-11-14(9-10-19)21-17(22-15)13-7-5-4-6-8-13/h4-8,14-15,17H,9-12,19H2,1-3H3/t14-,15?,17-/m1/s1. The molecule has 3 atom stereocenters. The van der Waals surface area contributed by atoms with Crippen LogP contribution in [-0.2, 0) is 19.0 Å². The van der Waals surface area contributed by atoms with E-state index in [-0.39, 0.29) is 24.6 Å². The predicted molar refractivity (Wildman–Crippen MR) is 87.7 cm³/mol. The van der Waals surface area contributed by atoms with Crippen molar-refractivity contribution in [2.24, 2.45) is 5.73 Å². The Morgan fingerprint density at radius 3 is 2.48 bits per heavy atom. The number of benzene rings is 1. The molecule has 0 aliphatic carbocycles. The SMILES string of the molecule is CC(C)(C)OC(=O)CC1C[C@@H](CCN)O[C@@H](c2ccccc2)O1. The Kier molecular flexibility index (Phi) is 6.16. The first kappa shape index (κ1) is 17.9. The van der Waals surface area contributed by atoms with Gasteiger partial charge in [0.1, 0.15) is 5.60 Å². The van der Waals surface area contributed by atoms with Crippen molar-refractivity contribution >= 4 is 5.97 Å². The summed E-state index contributed by atoms with van der Waals surface area (Å²) >= 11 is 0. The number of carbonyl (C=O) groups excluding carboxylic acids is 1. The summed E-state index contributed by atoms with van der Waals surface area (Å²) in [5.74, 6) is -0.247. The van der Waals surface area contributed by atoms with E-state index in [1.54, 1.807) is 0 Å². The lowest BCUT2D eigenvalue weighted by Gasteiger charge is -2.36. The molecule has 128 valence electrons. The van der Waals surface area contributed by atoms with Crippen LogP contribution in [0.1, 0.15) is 51.9 Å². The molecule has 0 spiro atoms. The van der Waals surface area contributed by atoms with E-state index in [1.165, 1.54) is 0 Å². The molecule has 0 saturated carbocycles. The van der Waals surface area contributed by atoms with E-state index in [0.717, 1.165) is 12.0 Å². The van der Waals surface area contributed by atoms with Gasteiger partial charge in [-0.05, 0) is 33.7 Å². The number of rotatable bonds is 5. The third kappa shape index (κ3) is 5.94. The molecule has 1 aromatic rings. The highest BCUT2D eigenvalue weighted by molar-refractivity contribution is 5.70. The molecule has 1 heterocycles. The molecule has 1 saturated heterocycles. The Hall–Kier alpha value is -1.43. The van der Waals surface area contributed by atoms with Crippen molar-refractivity contribution in [1.29, 1.82) is 0 Å². The average molecular weight is 321 g/mol. The summed E-state index contributed by atoms with van der Waals surface area (Å²) in [6.45, 7) is 6.13. The van der Waals surface area contributed by atoms with Gasteiger partial charge in [-0.15, -0.1) is 0 Å². The fraction of sp³-hybridized carbons (Fsp3) is 0.611. The second kappa shape index (κ2) is 7.90. The van der Waals surface area contributed by atoms with Crippen LogP contribution in [-0.4, -0.2) is 30.3 Å². The fourth-order valence-electron chi connectivity index (χ4n) is 2.63. The van der Waals surface area contributed by atoms with Crippen LogP contribution < -0.4 is 5.73 Å². The van der Waals surface area contributed by atoms with E-state index in [4.69, 9.17) is 19.9 Å². The first-order valence-electron chi connectivity index (χ1n) is 8.15. The van der Waals surface area contributed by atoms with Crippen LogP contribution in [0.5, 0.6) is 0 Å². The molecule has 0 radical (unpaired) electrons. The minimum absolute atomic E-state index is 0.00797. The highest BCUT2D eigenvalue weighted by Crippen LogP contribution is 2.32. The van der Waals surface area contributed by atoms with Crippen molar-refractivity contribution in [2.45, 2.75) is 64.1 Å². The lowest BCUT2D eigenvalue weighted by molar-refractivity contribution is -0.250. The molecular weight excluding hydrogens is 294 g/mol. The smallest absolute Gasteiger partial charge is 0.308 e. The van der Waals surface area contributed by atoms with Gasteiger partial charge in [-0.3, -0.25) is 4.79 Å². The van der Waals surface area contributed by atoms with Gasteiger partial charge in [-0.1, -0.05) is 30.3 Å². The van der Waals surface area contributed by atoms with Gasteiger partial charge in [0.2, 0.25) is 0 Å². The number of nitrogens with two attached hydrogens (primary N) is 1. The molecule has 5 heteroatoms. The van der Waals surface area contributed by atoms with Crippen molar-refractivity contribution in [3.05, 3.63) is 35.9 Å². The number of hydrogen-bond acceptors (Lipinski definition) is 5. The van der Waals surface area contributed by atoms with Gasteiger partial charge in [-0.25, -0.2) is 0 Å². The van der Waals surface area contributed by atoms with Gasteiger partial charge in [-0.2, -0.15) is 0 Å². The van der Waals surface area contributed by atoms with Crippen molar-refractivity contribution in [1.82, 2.24) is 0 Å². The van der Waals surface area contributed by atoms with Crippen molar-refractivity contribution in [3.63, 3.8) is 0 Å². The van der Waals surface area contributed by atoms with Gasteiger partial charge in [0.05, 0.1) is 18.6 Å². The minimum Gasteiger partial charge on any atom is -0.460 e. The molecule has 5 nitrogen and oxygen atoms in total. The molecule has 0 aromatic heterocycles. The molecule has 2 N–H and O–H groups in total. The quantitative estimate of drug-likeness (QED) is 0.844. The maximum absolute atomic E-state index is 12.1. The van der Waals surface area contributed by atoms with Crippen molar-refractivity contribution < 1.29 is 19.0 Å². The van der Waals surface area contributed by atoms with Crippen LogP contribution in [0.25, 0.3) is 0 Å². The maximum Gasteiger partial charge on any atom is 0.308 e. The molecule has 1 aliphatic rings. The van der Waals surface area contributed by atoms with Gasteiger partial charge >= 0.3 is 5.97 Å². The largest absolute Gasteiger partial charge is 0.460 e. The minimum atomic E-state index is -0.488. The van der Waals surface area contributed by atoms with Crippen molar-refractivity contribution in [3.8, 4) is 0 Å². The highest BCUT2D eigenvalue weighted by Gasteiger charge is 2.33. The van der Waals surface area contributed by atoms with E-state index in [0.29, 0.717) is 13.0 Å². The third-order valence-electron chi connectivity index (χ3n) is 3.53. The van der Waals surface area contributed by atoms with E-state index < -0.39 is 11.9 Å². The fourth-order valence-corrected chi connectivity index (χ4v) is 2.63. The lowest BCUT2D eigenvalue weighted by Crippen LogP contribution is -2.37. The van der Waals surface area contributed by atoms with Gasteiger partial charge in [0.25, 0.3) is 0 Å². The van der Waals surface area contributed by atoms with Gasteiger partial charge < -0.3 is 19.9 Å². The zero-order valence-corrected chi connectivity index (χ0v) is 14.2. The normalized spacial score (nSPS) is 25.1. The maximum atomic E-state index is 12.1. The summed E-state index contributed by atoms with van der Waals surface area (Å²) in [5.41, 5.74) is 6.12. The molecule has 0 amide bonds. The predicted octanol–water partition coefficient (Wildman–Crippen LogP) is 2.94. The summed E-state index contributed by atoms with van der Waals surface area (Å²) in [4.78, 5) is 12.1. The van der Waals surface area contributed by atoms with Crippen molar-refractivity contribution in [2.75, 3.05) is 6.54 Å². The summed E-state index contributed by atoms with van der Waals surface area (Å²) in [6, 6.07) is 9.75. The van der Waals surface area contributed by atoms with Gasteiger partial charge in [0, 0.05) is 12.0 Å². The second-order valence-corrected chi connectivity index (χ2v) is 6.86. The Morgan fingerprint density at radius 2 is 1.87 bits per heavy atom. The molecule has 0 bridgehead atoms. The first-order valence-corrected chi connectivity index (χ1v) is 8.15. The molecule has 1 aromatic carbocycles. The molecule has 23 heavy (non-hydrogen) atoms. The van der Waals surface area contributed by atoms with Crippen LogP contribution in [0.2, 0.25) is 0 Å². The number of carbonyl (C=O) groups is 1. The second-order valence-electron chi connectivity index (χ2n) is 6.86. The van der Waals surface area contributed by atoms with Crippen LogP contribution in [0, 0.1) is 0 Å². The Bertz CT molecular complexity index is 497. The Balaban J connectivity index is 2.02. The van der Waals surface area contributed by atoms with E-state index >= 15 is 0 Å². The molecule has 1 aliphatic heterocycles. The summed E-state index contributed by atoms with van der Waals surface area (Å²) in [7, 11) is 0. The monoisotopic (exact) mass is 321 g/mol. The number of ether oxygens (including phenoxy) is 3. The molecule has 1 fully saturated rings. The van der Waals surface area contributed by atoms with Crippen LogP contribution >= 0.6 is 0 Å². The summed E-state index contributed by atoms with van der Waals surface area (Å²) in [6.07, 6.45) is 0.933. The molecule has 2 rings (SSSR count). The van der Waals surface area contributed by atoms with E-state index in [2.05, 4.69) is 0 Å². The number of hydrogen-bond donors (Lipinski definition) is 1. The Labute approximate surface area is 138 Å². The zero-order chi connectivity index (χ0) is 16.9. The average Bonchev–Trinajstić information content (AvgIpc) is 2.46. The topological polar surface area (TPSA) is 70.8 Å². The summed E-state index contributed by atoms with van der Waals surface area (Å²) < 4.78 is 17.3. The third-order valence-corrected chi connectivity index (χ3v) is 3.53. The Morgan fingerprint density at radius 1 is 1.22 bits per heavy atom. The van der Waals surface area contributed by atoms with E-state index in [1.807, 2.05) is 51.1 Å². The summed E-state index contributed by atoms with van der Waals surface area (Å²) in [5, 5.41) is 0. The lowest BCUT2D eigenvalue weighted by atomic mass is 10.0. The van der Waals surface area contributed by atoms with E-state index in [9.17, 15) is 4.79 Å². The highest BCUT2D eigenvalue weighted by atomic mass is 16.7. The van der Waals surface area contributed by atoms with Crippen LogP contribution in [0.4, 0.5) is 0 Å². The zero-order valence-electron chi connectivity index (χ0n) is 14.2. The first-order chi connectivity index (χ1) is 10.9. The van der Waals surface area contributed by atoms with Gasteiger partial charge in [0.15, 0.2) is 6.29 Å².